The number of ether oxygens (including phenoxy) is 1. The first-order valence-corrected chi connectivity index (χ1v) is 16.5. The van der Waals surface area contributed by atoms with E-state index in [0.29, 0.717) is 41.0 Å². The number of oxime groups is 1. The van der Waals surface area contributed by atoms with Gasteiger partial charge in [0.2, 0.25) is 5.91 Å². The first kappa shape index (κ1) is 31.6. The molecule has 2 fully saturated rings. The Balaban J connectivity index is 1.42. The minimum Gasteiger partial charge on any atom is -0.425 e. The number of amides is 1. The number of nitrogens with one attached hydrogen (secondary N) is 1. The van der Waals surface area contributed by atoms with E-state index >= 15 is 0 Å². The lowest BCUT2D eigenvalue weighted by Gasteiger charge is -2.50. The molecule has 0 radical (unpaired) electrons. The van der Waals surface area contributed by atoms with Crippen LogP contribution in [0.25, 0.3) is 0 Å². The number of thiazole rings is 1. The van der Waals surface area contributed by atoms with Gasteiger partial charge in [-0.3, -0.25) is 14.5 Å². The Morgan fingerprint density at radius 3 is 2.65 bits per heavy atom. The molecule has 8 nitrogen and oxygen atoms in total. The Morgan fingerprint density at radius 2 is 2.00 bits per heavy atom. The highest BCUT2D eigenvalue weighted by molar-refractivity contribution is 7.15. The van der Waals surface area contributed by atoms with Crippen LogP contribution in [0.2, 0.25) is 0 Å². The number of aromatic nitrogens is 1. The highest BCUT2D eigenvalue weighted by Crippen LogP contribution is 2.63. The van der Waals surface area contributed by atoms with Gasteiger partial charge in [0.25, 0.3) is 0 Å². The van der Waals surface area contributed by atoms with Crippen LogP contribution in [0.3, 0.4) is 0 Å². The first-order chi connectivity index (χ1) is 20.3. The summed E-state index contributed by atoms with van der Waals surface area (Å²) in [5, 5.41) is 8.24. The van der Waals surface area contributed by atoms with Gasteiger partial charge < -0.3 is 14.9 Å². The van der Waals surface area contributed by atoms with Crippen molar-refractivity contribution in [1.29, 1.82) is 0 Å². The van der Waals surface area contributed by atoms with Crippen molar-refractivity contribution in [3.05, 3.63) is 39.9 Å². The quantitative estimate of drug-likeness (QED) is 0.203. The second-order valence-corrected chi connectivity index (χ2v) is 15.6. The van der Waals surface area contributed by atoms with Crippen LogP contribution in [-0.4, -0.2) is 55.2 Å². The van der Waals surface area contributed by atoms with E-state index in [1.54, 1.807) is 13.3 Å². The summed E-state index contributed by atoms with van der Waals surface area (Å²) in [5.74, 6) is 2.23. The fourth-order valence-corrected chi connectivity index (χ4v) is 8.87. The van der Waals surface area contributed by atoms with E-state index in [2.05, 4.69) is 55.3 Å². The summed E-state index contributed by atoms with van der Waals surface area (Å²) in [6, 6.07) is 4.51. The smallest absolute Gasteiger partial charge is 0.325 e. The van der Waals surface area contributed by atoms with Gasteiger partial charge in [-0.1, -0.05) is 38.9 Å². The Morgan fingerprint density at radius 1 is 1.23 bits per heavy atom. The van der Waals surface area contributed by atoms with E-state index < -0.39 is 0 Å². The second kappa shape index (κ2) is 12.3. The lowest BCUT2D eigenvalue weighted by Crippen LogP contribution is -2.44. The maximum absolute atomic E-state index is 12.9. The Kier molecular flexibility index (Phi) is 9.06. The van der Waals surface area contributed by atoms with Gasteiger partial charge in [-0.15, -0.1) is 11.3 Å². The van der Waals surface area contributed by atoms with Crippen LogP contribution in [0.15, 0.2) is 23.5 Å². The van der Waals surface area contributed by atoms with Crippen molar-refractivity contribution in [2.45, 2.75) is 90.9 Å². The third-order valence-corrected chi connectivity index (χ3v) is 10.8. The molecule has 43 heavy (non-hydrogen) atoms. The van der Waals surface area contributed by atoms with Crippen molar-refractivity contribution < 1.29 is 19.2 Å². The monoisotopic (exact) mass is 608 g/mol. The predicted molar refractivity (Wildman–Crippen MR) is 172 cm³/mol. The van der Waals surface area contributed by atoms with Gasteiger partial charge in [0.15, 0.2) is 5.13 Å². The van der Waals surface area contributed by atoms with Crippen molar-refractivity contribution in [2.75, 3.05) is 33.1 Å². The summed E-state index contributed by atoms with van der Waals surface area (Å²) in [4.78, 5) is 38.2. The molecule has 5 atom stereocenters. The number of likely N-dealkylation sites (N-methyl/N-ethyl adjacent to an activating group) is 1. The highest BCUT2D eigenvalue weighted by atomic mass is 32.1. The average molecular weight is 609 g/mol. The SMILES string of the molecule is CO/N=C1\C[C@@H](CCC(=O)Nc2ncc(C)s2)C2C3CCc4cc(OC(=O)CN(C)C)c(C(C)(C)C)cc4C3CC[C@]12C. The Bertz CT molecular complexity index is 1390. The molecule has 1 amide bonds. The van der Waals surface area contributed by atoms with Gasteiger partial charge in [-0.2, -0.15) is 0 Å². The normalized spacial score (nSPS) is 27.4. The van der Waals surface area contributed by atoms with Crippen LogP contribution < -0.4 is 10.1 Å². The number of hydrogen-bond donors (Lipinski definition) is 1. The molecule has 0 bridgehead atoms. The van der Waals surface area contributed by atoms with Crippen molar-refractivity contribution >= 4 is 34.1 Å². The van der Waals surface area contributed by atoms with E-state index in [4.69, 9.17) is 9.57 Å². The van der Waals surface area contributed by atoms with Crippen LogP contribution >= 0.6 is 11.3 Å². The summed E-state index contributed by atoms with van der Waals surface area (Å²) in [6.45, 7) is 11.2. The maximum atomic E-state index is 12.9. The standard InChI is InChI=1S/C34H48N4O4S/c1-20-18-35-32(43-20)36-29(39)12-10-22-16-28(37-41-8)34(5)14-13-23-24(31(22)34)11-9-21-15-27(42-30(40)19-38(6)7)26(17-25(21)23)33(2,3)4/h15,17-18,22-24,31H,9-14,16,19H2,1-8H3,(H,35,36,39)/b37-28+/t22-,23?,24?,31?,34-/m1/s1. The number of hydrogen-bond acceptors (Lipinski definition) is 8. The van der Waals surface area contributed by atoms with E-state index in [9.17, 15) is 9.59 Å². The maximum Gasteiger partial charge on any atom is 0.325 e. The van der Waals surface area contributed by atoms with E-state index in [1.165, 1.54) is 22.5 Å². The summed E-state index contributed by atoms with van der Waals surface area (Å²) in [5.41, 5.74) is 4.77. The average Bonchev–Trinajstić information content (AvgIpc) is 3.45. The van der Waals surface area contributed by atoms with E-state index in [0.717, 1.165) is 54.7 Å². The fourth-order valence-electron chi connectivity index (χ4n) is 8.19. The van der Waals surface area contributed by atoms with E-state index in [1.807, 2.05) is 25.9 Å². The molecule has 1 aromatic heterocycles. The molecule has 1 aromatic carbocycles. The summed E-state index contributed by atoms with van der Waals surface area (Å²) in [7, 11) is 5.40. The third-order valence-electron chi connectivity index (χ3n) is 9.99. The lowest BCUT2D eigenvalue weighted by molar-refractivity contribution is -0.135. The number of carbonyl (C=O) groups excluding carboxylic acids is 2. The van der Waals surface area contributed by atoms with Crippen LogP contribution in [0.4, 0.5) is 5.13 Å². The number of fused-ring (bicyclic) bond motifs is 5. The zero-order chi connectivity index (χ0) is 31.1. The summed E-state index contributed by atoms with van der Waals surface area (Å²) in [6.07, 6.45) is 8.14. The molecule has 0 saturated heterocycles. The van der Waals surface area contributed by atoms with Gasteiger partial charge in [0.1, 0.15) is 12.9 Å². The molecule has 0 aliphatic heterocycles. The van der Waals surface area contributed by atoms with Gasteiger partial charge in [0, 0.05) is 28.5 Å². The minimum atomic E-state index is -0.231. The molecular weight excluding hydrogens is 560 g/mol. The summed E-state index contributed by atoms with van der Waals surface area (Å²) >= 11 is 1.51. The largest absolute Gasteiger partial charge is 0.425 e. The fraction of sp³-hybridized carbons (Fsp3) is 0.647. The number of anilines is 1. The molecule has 1 N–H and O–H groups in total. The first-order valence-electron chi connectivity index (χ1n) is 15.7. The molecule has 9 heteroatoms. The van der Waals surface area contributed by atoms with Crippen LogP contribution in [0, 0.1) is 30.1 Å². The van der Waals surface area contributed by atoms with Gasteiger partial charge in [0.05, 0.1) is 12.3 Å². The van der Waals surface area contributed by atoms with Gasteiger partial charge in [-0.25, -0.2) is 4.98 Å². The van der Waals surface area contributed by atoms with Crippen molar-refractivity contribution in [3.63, 3.8) is 0 Å². The minimum absolute atomic E-state index is 0.0284. The van der Waals surface area contributed by atoms with Gasteiger partial charge >= 0.3 is 5.97 Å². The lowest BCUT2D eigenvalue weighted by atomic mass is 9.53. The molecule has 2 saturated carbocycles. The molecule has 5 rings (SSSR count). The molecule has 3 unspecified atom stereocenters. The topological polar surface area (TPSA) is 93.1 Å². The van der Waals surface area contributed by atoms with Crippen molar-refractivity contribution in [3.8, 4) is 5.75 Å². The Labute approximate surface area is 260 Å². The molecular formula is C34H48N4O4S. The third kappa shape index (κ3) is 6.53. The Hall–Kier alpha value is -2.78. The van der Waals surface area contributed by atoms with Crippen LogP contribution in [0.1, 0.15) is 93.7 Å². The number of esters is 1. The molecule has 234 valence electrons. The van der Waals surface area contributed by atoms with Crippen LogP contribution in [-0.2, 0) is 26.3 Å². The molecule has 0 spiro atoms. The number of nitrogens with zero attached hydrogens (tertiary/aromatic N) is 3. The number of rotatable bonds is 8. The van der Waals surface area contributed by atoms with Crippen LogP contribution in [0.5, 0.6) is 5.75 Å². The number of carbonyl (C=O) groups is 2. The number of aryl methyl sites for hydroxylation is 2. The predicted octanol–water partition coefficient (Wildman–Crippen LogP) is 6.72. The van der Waals surface area contributed by atoms with Crippen molar-refractivity contribution in [2.24, 2.45) is 28.3 Å². The second-order valence-electron chi connectivity index (χ2n) is 14.3. The zero-order valence-electron chi connectivity index (χ0n) is 27.1. The van der Waals surface area contributed by atoms with Crippen molar-refractivity contribution in [1.82, 2.24) is 9.88 Å². The number of benzene rings is 1. The van der Waals surface area contributed by atoms with Gasteiger partial charge in [-0.05, 0) is 106 Å². The molecule has 3 aliphatic rings. The summed E-state index contributed by atoms with van der Waals surface area (Å²) < 4.78 is 5.97. The molecule has 1 heterocycles. The zero-order valence-corrected chi connectivity index (χ0v) is 27.9. The van der Waals surface area contributed by atoms with E-state index in [-0.39, 0.29) is 29.3 Å². The molecule has 2 aromatic rings. The molecule has 3 aliphatic carbocycles. The highest BCUT2D eigenvalue weighted by Gasteiger charge is 2.57.